The normalized spacial score (nSPS) is 10.5. The maximum absolute atomic E-state index is 12.5. The van der Waals surface area contributed by atoms with Crippen LogP contribution in [0.2, 0.25) is 0 Å². The number of nitrogens with zero attached hydrogens (tertiary/aromatic N) is 2. The number of nitrogens with one attached hydrogen (secondary N) is 1. The molecule has 0 spiro atoms. The van der Waals surface area contributed by atoms with E-state index in [0.717, 1.165) is 36.5 Å². The summed E-state index contributed by atoms with van der Waals surface area (Å²) in [7, 11) is 1.60. The van der Waals surface area contributed by atoms with Gasteiger partial charge in [-0.15, -0.1) is 0 Å². The number of anilines is 1. The number of rotatable bonds is 6. The van der Waals surface area contributed by atoms with E-state index in [0.29, 0.717) is 11.3 Å². The van der Waals surface area contributed by atoms with Gasteiger partial charge in [0.15, 0.2) is 0 Å². The first kappa shape index (κ1) is 16.1. The number of unbranched alkanes of at least 4 members (excludes halogenated alkanes) is 1. The second-order valence-corrected chi connectivity index (χ2v) is 5.33. The van der Waals surface area contributed by atoms with Gasteiger partial charge in [-0.25, -0.2) is 4.68 Å². The Bertz CT molecular complexity index is 662. The van der Waals surface area contributed by atoms with Crippen molar-refractivity contribution in [3.05, 3.63) is 41.1 Å². The van der Waals surface area contributed by atoms with E-state index in [1.807, 2.05) is 36.7 Å². The third kappa shape index (κ3) is 3.47. The van der Waals surface area contributed by atoms with Crippen LogP contribution in [0.15, 0.2) is 24.3 Å². The Kier molecular flexibility index (Phi) is 5.20. The zero-order valence-electron chi connectivity index (χ0n) is 13.6. The van der Waals surface area contributed by atoms with Crippen LogP contribution in [0, 0.1) is 13.8 Å². The molecule has 5 nitrogen and oxygen atoms in total. The molecule has 0 unspecified atom stereocenters. The van der Waals surface area contributed by atoms with E-state index in [4.69, 9.17) is 4.74 Å². The van der Waals surface area contributed by atoms with Crippen LogP contribution >= 0.6 is 0 Å². The van der Waals surface area contributed by atoms with Crippen molar-refractivity contribution in [2.75, 3.05) is 12.4 Å². The zero-order valence-corrected chi connectivity index (χ0v) is 13.6. The molecule has 1 amide bonds. The highest BCUT2D eigenvalue weighted by Gasteiger charge is 2.14. The lowest BCUT2D eigenvalue weighted by atomic mass is 10.1. The molecule has 22 heavy (non-hydrogen) atoms. The zero-order chi connectivity index (χ0) is 16.1. The summed E-state index contributed by atoms with van der Waals surface area (Å²) in [4.78, 5) is 12.5. The Morgan fingerprint density at radius 2 is 2.14 bits per heavy atom. The highest BCUT2D eigenvalue weighted by atomic mass is 16.5. The molecular formula is C17H23N3O2. The average molecular weight is 301 g/mol. The average Bonchev–Trinajstić information content (AvgIpc) is 2.84. The molecule has 0 radical (unpaired) electrons. The number of aromatic nitrogens is 2. The second kappa shape index (κ2) is 7.11. The predicted octanol–water partition coefficient (Wildman–Crippen LogP) is 3.56. The molecular weight excluding hydrogens is 278 g/mol. The fourth-order valence-corrected chi connectivity index (χ4v) is 2.39. The van der Waals surface area contributed by atoms with Crippen molar-refractivity contribution in [1.82, 2.24) is 9.78 Å². The molecule has 118 valence electrons. The molecule has 0 bridgehead atoms. The van der Waals surface area contributed by atoms with Gasteiger partial charge in [0.25, 0.3) is 5.91 Å². The van der Waals surface area contributed by atoms with Gasteiger partial charge in [0.05, 0.1) is 12.8 Å². The van der Waals surface area contributed by atoms with E-state index in [2.05, 4.69) is 17.3 Å². The monoisotopic (exact) mass is 301 g/mol. The van der Waals surface area contributed by atoms with Crippen LogP contribution in [0.25, 0.3) is 0 Å². The lowest BCUT2D eigenvalue weighted by Gasteiger charge is -2.12. The Morgan fingerprint density at radius 3 is 2.82 bits per heavy atom. The van der Waals surface area contributed by atoms with Crippen LogP contribution in [0.3, 0.4) is 0 Å². The van der Waals surface area contributed by atoms with Crippen molar-refractivity contribution in [3.8, 4) is 5.75 Å². The first-order valence-electron chi connectivity index (χ1n) is 7.56. The number of hydrogen-bond donors (Lipinski definition) is 1. The van der Waals surface area contributed by atoms with E-state index in [1.54, 1.807) is 13.2 Å². The quantitative estimate of drug-likeness (QED) is 0.887. The molecule has 0 atom stereocenters. The summed E-state index contributed by atoms with van der Waals surface area (Å²) in [5.74, 6) is 1.30. The topological polar surface area (TPSA) is 56.2 Å². The molecule has 0 saturated carbocycles. The lowest BCUT2D eigenvalue weighted by Crippen LogP contribution is -2.17. The molecule has 0 saturated heterocycles. The van der Waals surface area contributed by atoms with Gasteiger partial charge in [-0.3, -0.25) is 4.79 Å². The Balaban J connectivity index is 2.22. The molecule has 1 aromatic carbocycles. The number of aryl methyl sites for hydroxylation is 2. The second-order valence-electron chi connectivity index (χ2n) is 5.33. The van der Waals surface area contributed by atoms with Crippen LogP contribution < -0.4 is 10.1 Å². The summed E-state index contributed by atoms with van der Waals surface area (Å²) in [5, 5.41) is 7.38. The minimum absolute atomic E-state index is 0.144. The van der Waals surface area contributed by atoms with Crippen LogP contribution in [0.4, 0.5) is 5.82 Å². The number of methoxy groups -OCH3 is 1. The van der Waals surface area contributed by atoms with Crippen molar-refractivity contribution >= 4 is 11.7 Å². The van der Waals surface area contributed by atoms with Gasteiger partial charge in [0, 0.05) is 23.7 Å². The SMILES string of the molecule is CCCCn1nc(C)cc1NC(=O)c1cccc(OC)c1C. The lowest BCUT2D eigenvalue weighted by molar-refractivity contribution is 0.102. The standard InChI is InChI=1S/C17H23N3O2/c1-5-6-10-20-16(11-12(2)19-20)18-17(21)14-8-7-9-15(22-4)13(14)3/h7-9,11H,5-6,10H2,1-4H3,(H,18,21). The van der Waals surface area contributed by atoms with Gasteiger partial charge in [-0.1, -0.05) is 19.4 Å². The van der Waals surface area contributed by atoms with Gasteiger partial charge in [-0.05, 0) is 32.4 Å². The Morgan fingerprint density at radius 1 is 1.36 bits per heavy atom. The minimum Gasteiger partial charge on any atom is -0.496 e. The summed E-state index contributed by atoms with van der Waals surface area (Å²) in [5.41, 5.74) is 2.34. The number of benzene rings is 1. The Labute approximate surface area is 131 Å². The summed E-state index contributed by atoms with van der Waals surface area (Å²) in [6.07, 6.45) is 2.11. The number of ether oxygens (including phenoxy) is 1. The fraction of sp³-hybridized carbons (Fsp3) is 0.412. The van der Waals surface area contributed by atoms with Crippen LogP contribution in [-0.2, 0) is 6.54 Å². The molecule has 1 N–H and O–H groups in total. The fourth-order valence-electron chi connectivity index (χ4n) is 2.39. The molecule has 0 aliphatic rings. The summed E-state index contributed by atoms with van der Waals surface area (Å²) in [6, 6.07) is 7.36. The third-order valence-electron chi connectivity index (χ3n) is 3.62. The highest BCUT2D eigenvalue weighted by molar-refractivity contribution is 6.05. The molecule has 0 fully saturated rings. The number of hydrogen-bond acceptors (Lipinski definition) is 3. The van der Waals surface area contributed by atoms with Gasteiger partial charge in [0.1, 0.15) is 11.6 Å². The van der Waals surface area contributed by atoms with Crippen molar-refractivity contribution in [2.45, 2.75) is 40.2 Å². The van der Waals surface area contributed by atoms with Gasteiger partial charge >= 0.3 is 0 Å². The van der Waals surface area contributed by atoms with E-state index in [-0.39, 0.29) is 5.91 Å². The summed E-state index contributed by atoms with van der Waals surface area (Å²) in [6.45, 7) is 6.74. The Hall–Kier alpha value is -2.30. The molecule has 1 heterocycles. The maximum atomic E-state index is 12.5. The molecule has 0 aliphatic carbocycles. The molecule has 2 aromatic rings. The third-order valence-corrected chi connectivity index (χ3v) is 3.62. The molecule has 5 heteroatoms. The van der Waals surface area contributed by atoms with Crippen LogP contribution in [0.5, 0.6) is 5.75 Å². The van der Waals surface area contributed by atoms with Crippen molar-refractivity contribution in [3.63, 3.8) is 0 Å². The number of carbonyl (C=O) groups is 1. The highest BCUT2D eigenvalue weighted by Crippen LogP contribution is 2.22. The van der Waals surface area contributed by atoms with E-state index in [1.165, 1.54) is 0 Å². The first-order valence-corrected chi connectivity index (χ1v) is 7.56. The van der Waals surface area contributed by atoms with Crippen LogP contribution in [-0.4, -0.2) is 22.8 Å². The largest absolute Gasteiger partial charge is 0.496 e. The molecule has 0 aliphatic heterocycles. The van der Waals surface area contributed by atoms with E-state index < -0.39 is 0 Å². The number of carbonyl (C=O) groups excluding carboxylic acids is 1. The maximum Gasteiger partial charge on any atom is 0.257 e. The summed E-state index contributed by atoms with van der Waals surface area (Å²) < 4.78 is 7.12. The first-order chi connectivity index (χ1) is 10.6. The molecule has 1 aromatic heterocycles. The van der Waals surface area contributed by atoms with Crippen molar-refractivity contribution in [2.24, 2.45) is 0 Å². The van der Waals surface area contributed by atoms with Crippen molar-refractivity contribution in [1.29, 1.82) is 0 Å². The van der Waals surface area contributed by atoms with E-state index in [9.17, 15) is 4.79 Å². The smallest absolute Gasteiger partial charge is 0.257 e. The van der Waals surface area contributed by atoms with Gasteiger partial charge in [0.2, 0.25) is 0 Å². The predicted molar refractivity (Wildman–Crippen MR) is 87.6 cm³/mol. The number of amides is 1. The van der Waals surface area contributed by atoms with E-state index >= 15 is 0 Å². The summed E-state index contributed by atoms with van der Waals surface area (Å²) >= 11 is 0. The van der Waals surface area contributed by atoms with Gasteiger partial charge < -0.3 is 10.1 Å². The van der Waals surface area contributed by atoms with Gasteiger partial charge in [-0.2, -0.15) is 5.10 Å². The van der Waals surface area contributed by atoms with Crippen molar-refractivity contribution < 1.29 is 9.53 Å². The van der Waals surface area contributed by atoms with Crippen LogP contribution in [0.1, 0.15) is 41.4 Å². The minimum atomic E-state index is -0.144. The molecule has 2 rings (SSSR count).